The van der Waals surface area contributed by atoms with E-state index in [2.05, 4.69) is 14.9 Å². The molecule has 2 N–H and O–H groups in total. The molecule has 1 aromatic rings. The average molecular weight is 325 g/mol. The average Bonchev–Trinajstić information content (AvgIpc) is 2.86. The fraction of sp³-hybridized carbons (Fsp3) is 0.533. The Morgan fingerprint density at radius 1 is 1.27 bits per heavy atom. The molecule has 1 fully saturated rings. The second-order valence-corrected chi connectivity index (χ2v) is 7.61. The van der Waals surface area contributed by atoms with Gasteiger partial charge in [-0.2, -0.15) is 0 Å². The van der Waals surface area contributed by atoms with Crippen LogP contribution in [0, 0.1) is 0 Å². The molecule has 1 aromatic carbocycles. The van der Waals surface area contributed by atoms with E-state index >= 15 is 0 Å². The van der Waals surface area contributed by atoms with Gasteiger partial charge in [0.05, 0.1) is 4.90 Å². The first-order chi connectivity index (χ1) is 10.3. The molecule has 2 atom stereocenters. The summed E-state index contributed by atoms with van der Waals surface area (Å²) < 4.78 is 27.9. The zero-order valence-corrected chi connectivity index (χ0v) is 14.0. The molecule has 0 unspecified atom stereocenters. The lowest BCUT2D eigenvalue weighted by Gasteiger charge is -2.26. The van der Waals surface area contributed by atoms with Crippen LogP contribution in [0.15, 0.2) is 29.2 Å². The van der Waals surface area contributed by atoms with Crippen molar-refractivity contribution in [3.63, 3.8) is 0 Å². The minimum Gasteiger partial charge on any atom is -0.326 e. The Hall–Kier alpha value is -1.44. The van der Waals surface area contributed by atoms with E-state index in [1.807, 2.05) is 14.1 Å². The molecule has 0 bridgehead atoms. The van der Waals surface area contributed by atoms with E-state index < -0.39 is 10.0 Å². The number of sulfonamides is 1. The lowest BCUT2D eigenvalue weighted by Crippen LogP contribution is -2.45. The number of hydrogen-bond donors (Lipinski definition) is 2. The van der Waals surface area contributed by atoms with E-state index in [1.54, 1.807) is 12.1 Å². The number of amides is 1. The number of nitrogens with zero attached hydrogens (tertiary/aromatic N) is 1. The van der Waals surface area contributed by atoms with E-state index in [0.717, 1.165) is 19.3 Å². The highest BCUT2D eigenvalue weighted by Crippen LogP contribution is 2.25. The molecule has 0 aliphatic heterocycles. The molecular weight excluding hydrogens is 302 g/mol. The summed E-state index contributed by atoms with van der Waals surface area (Å²) in [7, 11) is 0.338. The summed E-state index contributed by atoms with van der Waals surface area (Å²) in [5.74, 6) is -0.231. The first-order valence-electron chi connectivity index (χ1n) is 7.36. The second kappa shape index (κ2) is 6.76. The van der Waals surface area contributed by atoms with Gasteiger partial charge >= 0.3 is 0 Å². The lowest BCUT2D eigenvalue weighted by molar-refractivity contribution is -0.114. The monoisotopic (exact) mass is 325 g/mol. The van der Waals surface area contributed by atoms with Gasteiger partial charge in [0.25, 0.3) is 0 Å². The second-order valence-electron chi connectivity index (χ2n) is 5.90. The van der Waals surface area contributed by atoms with Gasteiger partial charge < -0.3 is 10.2 Å². The van der Waals surface area contributed by atoms with Gasteiger partial charge in [-0.15, -0.1) is 0 Å². The van der Waals surface area contributed by atoms with Crippen molar-refractivity contribution in [2.24, 2.45) is 0 Å². The van der Waals surface area contributed by atoms with Crippen LogP contribution in [0.5, 0.6) is 0 Å². The molecule has 0 aromatic heterocycles. The van der Waals surface area contributed by atoms with Crippen LogP contribution in [0.25, 0.3) is 0 Å². The van der Waals surface area contributed by atoms with Gasteiger partial charge in [0.2, 0.25) is 15.9 Å². The molecule has 1 amide bonds. The molecule has 2 rings (SSSR count). The maximum absolute atomic E-state index is 12.6. The number of nitrogens with one attached hydrogen (secondary N) is 2. The third-order valence-electron chi connectivity index (χ3n) is 3.91. The molecule has 1 saturated carbocycles. The molecule has 0 heterocycles. The maximum atomic E-state index is 12.6. The molecule has 6 nitrogen and oxygen atoms in total. The fourth-order valence-corrected chi connectivity index (χ4v) is 4.26. The van der Waals surface area contributed by atoms with Gasteiger partial charge in [-0.1, -0.05) is 12.5 Å². The summed E-state index contributed by atoms with van der Waals surface area (Å²) in [6.07, 6.45) is 2.85. The molecule has 22 heavy (non-hydrogen) atoms. The number of benzene rings is 1. The Balaban J connectivity index is 2.18. The Kier molecular flexibility index (Phi) is 5.20. The van der Waals surface area contributed by atoms with E-state index in [4.69, 9.17) is 0 Å². The van der Waals surface area contributed by atoms with Crippen molar-refractivity contribution in [2.75, 3.05) is 19.4 Å². The highest BCUT2D eigenvalue weighted by molar-refractivity contribution is 7.89. The van der Waals surface area contributed by atoms with Gasteiger partial charge in [-0.3, -0.25) is 4.79 Å². The highest BCUT2D eigenvalue weighted by Gasteiger charge is 2.32. The zero-order chi connectivity index (χ0) is 16.3. The smallest absolute Gasteiger partial charge is 0.240 e. The Morgan fingerprint density at radius 2 is 2.00 bits per heavy atom. The topological polar surface area (TPSA) is 78.5 Å². The summed E-state index contributed by atoms with van der Waals surface area (Å²) in [5.41, 5.74) is 0.478. The number of likely N-dealkylation sites (N-methyl/N-ethyl adjacent to an activating group) is 1. The number of rotatable bonds is 5. The molecule has 0 saturated heterocycles. The Labute approximate surface area is 131 Å². The molecule has 7 heteroatoms. The van der Waals surface area contributed by atoms with E-state index in [9.17, 15) is 13.2 Å². The summed E-state index contributed by atoms with van der Waals surface area (Å²) in [5, 5.41) is 2.60. The first-order valence-corrected chi connectivity index (χ1v) is 8.84. The number of carbonyl (C=O) groups excluding carboxylic acids is 1. The van der Waals surface area contributed by atoms with Crippen LogP contribution < -0.4 is 10.0 Å². The van der Waals surface area contributed by atoms with Crippen molar-refractivity contribution in [2.45, 2.75) is 43.2 Å². The Bertz CT molecular complexity index is 643. The first kappa shape index (κ1) is 16.9. The standard InChI is InChI=1S/C15H23N3O3S/c1-11(19)16-12-6-4-7-13(10-12)22(20,21)17-14-8-5-9-15(14)18(2)3/h4,6-7,10,14-15,17H,5,8-9H2,1-3H3,(H,16,19)/t14-,15-/m1/s1. The Morgan fingerprint density at radius 3 is 2.64 bits per heavy atom. The van der Waals surface area contributed by atoms with Gasteiger partial charge in [0.1, 0.15) is 0 Å². The number of anilines is 1. The predicted molar refractivity (Wildman–Crippen MR) is 86.2 cm³/mol. The normalized spacial score (nSPS) is 22.0. The van der Waals surface area contributed by atoms with Crippen LogP contribution in [0.4, 0.5) is 5.69 Å². The summed E-state index contributed by atoms with van der Waals surface area (Å²) in [6.45, 7) is 1.39. The van der Waals surface area contributed by atoms with Crippen molar-refractivity contribution in [1.29, 1.82) is 0 Å². The number of hydrogen-bond acceptors (Lipinski definition) is 4. The van der Waals surface area contributed by atoms with Crippen molar-refractivity contribution in [3.8, 4) is 0 Å². The molecule has 0 spiro atoms. The number of carbonyl (C=O) groups is 1. The largest absolute Gasteiger partial charge is 0.326 e. The third-order valence-corrected chi connectivity index (χ3v) is 5.40. The minimum atomic E-state index is -3.60. The van der Waals surface area contributed by atoms with Crippen LogP contribution in [-0.4, -0.2) is 45.4 Å². The summed E-state index contributed by atoms with van der Waals surface area (Å²) >= 11 is 0. The zero-order valence-electron chi connectivity index (χ0n) is 13.2. The van der Waals surface area contributed by atoms with Crippen LogP contribution in [-0.2, 0) is 14.8 Å². The maximum Gasteiger partial charge on any atom is 0.240 e. The lowest BCUT2D eigenvalue weighted by atomic mass is 10.2. The van der Waals surface area contributed by atoms with E-state index in [0.29, 0.717) is 5.69 Å². The van der Waals surface area contributed by atoms with Crippen molar-refractivity contribution < 1.29 is 13.2 Å². The van der Waals surface area contributed by atoms with Crippen LogP contribution in [0.2, 0.25) is 0 Å². The van der Waals surface area contributed by atoms with Crippen LogP contribution in [0.3, 0.4) is 0 Å². The SMILES string of the molecule is CC(=O)Nc1cccc(S(=O)(=O)N[C@@H]2CCC[C@H]2N(C)C)c1. The highest BCUT2D eigenvalue weighted by atomic mass is 32.2. The summed E-state index contributed by atoms with van der Waals surface area (Å²) in [4.78, 5) is 13.3. The quantitative estimate of drug-likeness (QED) is 0.858. The van der Waals surface area contributed by atoms with Crippen molar-refractivity contribution in [1.82, 2.24) is 9.62 Å². The van der Waals surface area contributed by atoms with E-state index in [1.165, 1.54) is 19.1 Å². The fourth-order valence-electron chi connectivity index (χ4n) is 2.91. The third kappa shape index (κ3) is 4.06. The van der Waals surface area contributed by atoms with Crippen LogP contribution in [0.1, 0.15) is 26.2 Å². The predicted octanol–water partition coefficient (Wildman–Crippen LogP) is 1.41. The van der Waals surface area contributed by atoms with Gasteiger partial charge in [0.15, 0.2) is 0 Å². The van der Waals surface area contributed by atoms with Gasteiger partial charge in [-0.05, 0) is 45.1 Å². The van der Waals surface area contributed by atoms with Crippen molar-refractivity contribution >= 4 is 21.6 Å². The van der Waals surface area contributed by atoms with Crippen LogP contribution >= 0.6 is 0 Å². The summed E-state index contributed by atoms with van der Waals surface area (Å²) in [6, 6.07) is 6.44. The molecule has 0 radical (unpaired) electrons. The van der Waals surface area contributed by atoms with E-state index in [-0.39, 0.29) is 22.9 Å². The molecule has 1 aliphatic carbocycles. The molecular formula is C15H23N3O3S. The molecule has 122 valence electrons. The molecule has 1 aliphatic rings. The van der Waals surface area contributed by atoms with Crippen molar-refractivity contribution in [3.05, 3.63) is 24.3 Å². The van der Waals surface area contributed by atoms with Gasteiger partial charge in [0, 0.05) is 24.7 Å². The minimum absolute atomic E-state index is 0.0792. The van der Waals surface area contributed by atoms with Gasteiger partial charge in [-0.25, -0.2) is 13.1 Å².